The third kappa shape index (κ3) is 2.47. The second-order valence-electron chi connectivity index (χ2n) is 6.86. The Kier molecular flexibility index (Phi) is 3.67. The van der Waals surface area contributed by atoms with Gasteiger partial charge < -0.3 is 4.42 Å². The van der Waals surface area contributed by atoms with E-state index in [0.29, 0.717) is 21.8 Å². The smallest absolute Gasteiger partial charge is 0.238 e. The van der Waals surface area contributed by atoms with E-state index in [-0.39, 0.29) is 17.1 Å². The first kappa shape index (κ1) is 16.8. The van der Waals surface area contributed by atoms with Crippen molar-refractivity contribution < 1.29 is 14.0 Å². The molecule has 0 fully saturated rings. The quantitative estimate of drug-likeness (QED) is 0.331. The number of nitrogens with zero attached hydrogens (tertiary/aromatic N) is 1. The second kappa shape index (κ2) is 6.11. The molecule has 0 atom stereocenters. The molecule has 4 nitrogen and oxygen atoms in total. The van der Waals surface area contributed by atoms with Gasteiger partial charge in [0, 0.05) is 22.8 Å². The van der Waals surface area contributed by atoms with Crippen molar-refractivity contribution in [1.82, 2.24) is 4.98 Å². The molecule has 0 saturated carbocycles. The van der Waals surface area contributed by atoms with Gasteiger partial charge in [-0.2, -0.15) is 0 Å². The number of hydrogen-bond acceptors (Lipinski definition) is 5. The van der Waals surface area contributed by atoms with Crippen molar-refractivity contribution in [3.8, 4) is 11.3 Å². The Morgan fingerprint density at radius 3 is 2.18 bits per heavy atom. The largest absolute Gasteiger partial charge is 0.437 e. The van der Waals surface area contributed by atoms with Crippen molar-refractivity contribution in [2.75, 3.05) is 0 Å². The molecule has 0 unspecified atom stereocenters. The van der Waals surface area contributed by atoms with Crippen LogP contribution in [0.1, 0.15) is 36.9 Å². The van der Waals surface area contributed by atoms with Crippen molar-refractivity contribution in [2.24, 2.45) is 0 Å². The van der Waals surface area contributed by atoms with E-state index in [0.717, 1.165) is 27.2 Å². The number of carbonyl (C=O) groups excluding carboxylic acids is 2. The summed E-state index contributed by atoms with van der Waals surface area (Å²) < 4.78 is 6.74. The van der Waals surface area contributed by atoms with Gasteiger partial charge in [-0.15, -0.1) is 11.3 Å². The third-order valence-electron chi connectivity index (χ3n) is 5.00. The highest BCUT2D eigenvalue weighted by molar-refractivity contribution is 7.19. The summed E-state index contributed by atoms with van der Waals surface area (Å²) in [5, 5.41) is 0.591. The Hall–Kier alpha value is -3.31. The van der Waals surface area contributed by atoms with Crippen LogP contribution in [-0.2, 0) is 0 Å². The number of Topliss-reactive ketones (excluding diaryl/α,β-unsaturated/α-hetero) is 2. The summed E-state index contributed by atoms with van der Waals surface area (Å²) in [5.74, 6) is 0.302. The van der Waals surface area contributed by atoms with Crippen LogP contribution < -0.4 is 0 Å². The fourth-order valence-electron chi connectivity index (χ4n) is 3.58. The monoisotopic (exact) mass is 385 g/mol. The number of furan rings is 1. The molecule has 4 aromatic rings. The van der Waals surface area contributed by atoms with Crippen molar-refractivity contribution in [2.45, 2.75) is 13.8 Å². The molecule has 2 aromatic heterocycles. The number of rotatable bonds is 2. The second-order valence-corrected chi connectivity index (χ2v) is 7.93. The van der Waals surface area contributed by atoms with Crippen LogP contribution in [0.25, 0.3) is 27.8 Å². The Morgan fingerprint density at radius 2 is 1.57 bits per heavy atom. The van der Waals surface area contributed by atoms with Gasteiger partial charge in [-0.05, 0) is 31.1 Å². The van der Waals surface area contributed by atoms with E-state index in [1.807, 2.05) is 62.4 Å². The molecule has 0 aliphatic heterocycles. The summed E-state index contributed by atoms with van der Waals surface area (Å²) in [4.78, 5) is 30.2. The van der Waals surface area contributed by atoms with Crippen molar-refractivity contribution >= 4 is 39.4 Å². The normalized spacial score (nSPS) is 13.4. The summed E-state index contributed by atoms with van der Waals surface area (Å²) in [5.41, 5.74) is 4.34. The zero-order chi connectivity index (χ0) is 19.4. The van der Waals surface area contributed by atoms with Crippen LogP contribution in [0.2, 0.25) is 0 Å². The molecule has 5 heteroatoms. The first-order valence-electron chi connectivity index (χ1n) is 8.90. The predicted molar refractivity (Wildman–Crippen MR) is 110 cm³/mol. The summed E-state index contributed by atoms with van der Waals surface area (Å²) in [6.45, 7) is 3.71. The number of ketones is 2. The van der Waals surface area contributed by atoms with Crippen LogP contribution in [0, 0.1) is 13.8 Å². The topological polar surface area (TPSA) is 60.2 Å². The number of fused-ring (bicyclic) bond motifs is 2. The molecule has 2 aromatic carbocycles. The van der Waals surface area contributed by atoms with E-state index < -0.39 is 0 Å². The standard InChI is InChI=1S/C23H15NO3S/c1-12-8-9-13(2)20-19(12)21(25)15(22(20)26)10-18-24-23-17(28-18)11-16(27-23)14-6-4-3-5-7-14/h3-11H,1-2H3. The zero-order valence-electron chi connectivity index (χ0n) is 15.3. The number of thiazole rings is 1. The fraction of sp³-hybridized carbons (Fsp3) is 0.0870. The Morgan fingerprint density at radius 1 is 0.929 bits per heavy atom. The fourth-order valence-corrected chi connectivity index (χ4v) is 4.45. The Bertz CT molecular complexity index is 1230. The first-order valence-corrected chi connectivity index (χ1v) is 9.71. The molecule has 28 heavy (non-hydrogen) atoms. The first-order chi connectivity index (χ1) is 13.5. The lowest BCUT2D eigenvalue weighted by Gasteiger charge is -2.03. The highest BCUT2D eigenvalue weighted by atomic mass is 32.1. The van der Waals surface area contributed by atoms with E-state index in [2.05, 4.69) is 4.98 Å². The maximum Gasteiger partial charge on any atom is 0.238 e. The van der Waals surface area contributed by atoms with Gasteiger partial charge in [0.05, 0.1) is 10.3 Å². The number of aromatic nitrogens is 1. The lowest BCUT2D eigenvalue weighted by Crippen LogP contribution is -2.00. The van der Waals surface area contributed by atoms with E-state index in [1.165, 1.54) is 11.3 Å². The summed E-state index contributed by atoms with van der Waals surface area (Å²) in [6, 6.07) is 15.5. The molecule has 0 radical (unpaired) electrons. The van der Waals surface area contributed by atoms with Gasteiger partial charge >= 0.3 is 0 Å². The third-order valence-corrected chi connectivity index (χ3v) is 5.93. The molecular weight excluding hydrogens is 370 g/mol. The van der Waals surface area contributed by atoms with Gasteiger partial charge in [0.2, 0.25) is 5.71 Å². The molecule has 0 bridgehead atoms. The molecule has 0 saturated heterocycles. The molecule has 136 valence electrons. The van der Waals surface area contributed by atoms with Gasteiger partial charge in [-0.1, -0.05) is 42.5 Å². The lowest BCUT2D eigenvalue weighted by molar-refractivity contribution is 0.0990. The number of aryl methyl sites for hydroxylation is 2. The maximum atomic E-state index is 12.8. The van der Waals surface area contributed by atoms with Crippen LogP contribution in [0.3, 0.4) is 0 Å². The van der Waals surface area contributed by atoms with Crippen LogP contribution in [-0.4, -0.2) is 16.6 Å². The van der Waals surface area contributed by atoms with Crippen LogP contribution in [0.15, 0.2) is 58.5 Å². The highest BCUT2D eigenvalue weighted by Gasteiger charge is 2.35. The average Bonchev–Trinajstić information content (AvgIpc) is 3.32. The minimum Gasteiger partial charge on any atom is -0.437 e. The van der Waals surface area contributed by atoms with Crippen LogP contribution >= 0.6 is 11.3 Å². The molecule has 5 rings (SSSR count). The molecule has 2 heterocycles. The summed E-state index contributed by atoms with van der Waals surface area (Å²) in [7, 11) is 0. The van der Waals surface area contributed by atoms with Gasteiger partial charge in [0.15, 0.2) is 11.6 Å². The number of carbonyl (C=O) groups is 2. The Labute approximate surface area is 165 Å². The molecule has 0 spiro atoms. The van der Waals surface area contributed by atoms with Crippen LogP contribution in [0.5, 0.6) is 0 Å². The predicted octanol–water partition coefficient (Wildman–Crippen LogP) is 5.64. The minimum absolute atomic E-state index is 0.173. The molecule has 0 N–H and O–H groups in total. The molecule has 1 aliphatic rings. The minimum atomic E-state index is -0.224. The average molecular weight is 385 g/mol. The van der Waals surface area contributed by atoms with Gasteiger partial charge in [0.1, 0.15) is 10.8 Å². The van der Waals surface area contributed by atoms with E-state index in [1.54, 1.807) is 6.08 Å². The number of allylic oxidation sites excluding steroid dienone is 1. The van der Waals surface area contributed by atoms with Crippen molar-refractivity contribution in [3.63, 3.8) is 0 Å². The number of benzene rings is 2. The lowest BCUT2D eigenvalue weighted by atomic mass is 9.99. The van der Waals surface area contributed by atoms with Gasteiger partial charge in [-0.3, -0.25) is 9.59 Å². The highest BCUT2D eigenvalue weighted by Crippen LogP contribution is 2.35. The SMILES string of the molecule is Cc1ccc(C)c2c1C(=O)C(=Cc1nc3oc(-c4ccccc4)cc3s1)C2=O. The Balaban J connectivity index is 1.55. The van der Waals surface area contributed by atoms with Crippen LogP contribution in [0.4, 0.5) is 0 Å². The van der Waals surface area contributed by atoms with Gasteiger partial charge in [-0.25, -0.2) is 4.98 Å². The molecular formula is C23H15NO3S. The zero-order valence-corrected chi connectivity index (χ0v) is 16.1. The van der Waals surface area contributed by atoms with E-state index in [9.17, 15) is 9.59 Å². The van der Waals surface area contributed by atoms with Gasteiger partial charge in [0.25, 0.3) is 0 Å². The molecule has 1 aliphatic carbocycles. The summed E-state index contributed by atoms with van der Waals surface area (Å²) in [6.07, 6.45) is 1.59. The maximum absolute atomic E-state index is 12.8. The molecule has 0 amide bonds. The van der Waals surface area contributed by atoms with E-state index >= 15 is 0 Å². The number of hydrogen-bond donors (Lipinski definition) is 0. The summed E-state index contributed by atoms with van der Waals surface area (Å²) >= 11 is 1.41. The van der Waals surface area contributed by atoms with Crippen molar-refractivity contribution in [3.05, 3.63) is 81.4 Å². The van der Waals surface area contributed by atoms with E-state index in [4.69, 9.17) is 4.42 Å². The van der Waals surface area contributed by atoms with Crippen molar-refractivity contribution in [1.29, 1.82) is 0 Å².